The molecule has 0 radical (unpaired) electrons. The minimum atomic E-state index is 0.307. The first-order valence-electron chi connectivity index (χ1n) is 5.69. The van der Waals surface area contributed by atoms with E-state index in [1.807, 2.05) is 6.07 Å². The Morgan fingerprint density at radius 2 is 2.19 bits per heavy atom. The van der Waals surface area contributed by atoms with Crippen molar-refractivity contribution in [2.24, 2.45) is 5.92 Å². The highest BCUT2D eigenvalue weighted by Crippen LogP contribution is 2.24. The van der Waals surface area contributed by atoms with Gasteiger partial charge in [0, 0.05) is 37.7 Å². The summed E-state index contributed by atoms with van der Waals surface area (Å²) in [5, 5.41) is 8.96. The van der Waals surface area contributed by atoms with Gasteiger partial charge in [-0.15, -0.1) is 0 Å². The normalized spacial score (nSPS) is 17.2. The van der Waals surface area contributed by atoms with E-state index in [4.69, 9.17) is 9.84 Å². The predicted octanol–water partition coefficient (Wildman–Crippen LogP) is 1.43. The van der Waals surface area contributed by atoms with Crippen LogP contribution in [-0.2, 0) is 6.54 Å². The molecule has 1 aliphatic rings. The Morgan fingerprint density at radius 1 is 1.44 bits per heavy atom. The van der Waals surface area contributed by atoms with Crippen LogP contribution in [0.2, 0.25) is 0 Å². The van der Waals surface area contributed by atoms with Gasteiger partial charge < -0.3 is 9.84 Å². The molecule has 0 spiro atoms. The Bertz CT molecular complexity index is 359. The highest BCUT2D eigenvalue weighted by atomic mass is 16.5. The van der Waals surface area contributed by atoms with Crippen LogP contribution < -0.4 is 4.74 Å². The van der Waals surface area contributed by atoms with Gasteiger partial charge in [0.2, 0.25) is 0 Å². The average Bonchev–Trinajstić information content (AvgIpc) is 2.23. The van der Waals surface area contributed by atoms with E-state index in [1.165, 1.54) is 11.1 Å². The molecular weight excluding hydrogens is 202 g/mol. The van der Waals surface area contributed by atoms with Gasteiger partial charge in [0.1, 0.15) is 5.75 Å². The molecule has 3 nitrogen and oxygen atoms in total. The van der Waals surface area contributed by atoms with Gasteiger partial charge in [-0.1, -0.05) is 17.7 Å². The van der Waals surface area contributed by atoms with E-state index in [-0.39, 0.29) is 0 Å². The Hall–Kier alpha value is -1.06. The maximum absolute atomic E-state index is 8.96. The molecule has 0 bridgehead atoms. The van der Waals surface area contributed by atoms with E-state index in [2.05, 4.69) is 24.0 Å². The van der Waals surface area contributed by atoms with Gasteiger partial charge in [0.05, 0.1) is 7.11 Å². The maximum Gasteiger partial charge on any atom is 0.123 e. The van der Waals surface area contributed by atoms with E-state index in [0.717, 1.165) is 25.4 Å². The number of aliphatic hydroxyl groups is 1. The number of methoxy groups -OCH3 is 1. The quantitative estimate of drug-likeness (QED) is 0.835. The van der Waals surface area contributed by atoms with E-state index in [0.29, 0.717) is 12.5 Å². The third kappa shape index (κ3) is 2.36. The van der Waals surface area contributed by atoms with E-state index < -0.39 is 0 Å². The Labute approximate surface area is 96.6 Å². The summed E-state index contributed by atoms with van der Waals surface area (Å²) in [4.78, 5) is 2.33. The summed E-state index contributed by atoms with van der Waals surface area (Å²) in [6.45, 7) is 5.31. The molecule has 0 saturated carbocycles. The summed E-state index contributed by atoms with van der Waals surface area (Å²) in [5.41, 5.74) is 2.49. The lowest BCUT2D eigenvalue weighted by molar-refractivity contribution is 0.0474. The lowest BCUT2D eigenvalue weighted by Crippen LogP contribution is -2.47. The first-order valence-corrected chi connectivity index (χ1v) is 5.69. The highest BCUT2D eigenvalue weighted by Gasteiger charge is 2.26. The molecule has 1 aliphatic heterocycles. The second kappa shape index (κ2) is 4.85. The lowest BCUT2D eigenvalue weighted by atomic mass is 10.00. The second-order valence-corrected chi connectivity index (χ2v) is 4.56. The standard InChI is InChI=1S/C13H19NO2/c1-10-3-4-13(16-2)12(5-10)8-14-6-11(7-14)9-15/h3-5,11,15H,6-9H2,1-2H3. The summed E-state index contributed by atoms with van der Waals surface area (Å²) in [7, 11) is 1.71. The van der Waals surface area contributed by atoms with Crippen LogP contribution in [0.4, 0.5) is 0 Å². The van der Waals surface area contributed by atoms with Crippen molar-refractivity contribution in [1.29, 1.82) is 0 Å². The zero-order valence-electron chi connectivity index (χ0n) is 9.94. The van der Waals surface area contributed by atoms with Crippen LogP contribution in [0.15, 0.2) is 18.2 Å². The molecule has 88 valence electrons. The van der Waals surface area contributed by atoms with Gasteiger partial charge >= 0.3 is 0 Å². The molecule has 0 aliphatic carbocycles. The van der Waals surface area contributed by atoms with Crippen LogP contribution in [0, 0.1) is 12.8 Å². The fourth-order valence-electron chi connectivity index (χ4n) is 2.19. The van der Waals surface area contributed by atoms with Crippen molar-refractivity contribution in [1.82, 2.24) is 4.90 Å². The van der Waals surface area contributed by atoms with Gasteiger partial charge in [0.15, 0.2) is 0 Å². The molecule has 1 saturated heterocycles. The Balaban J connectivity index is 2.01. The molecule has 0 unspecified atom stereocenters. The number of ether oxygens (including phenoxy) is 1. The summed E-state index contributed by atoms with van der Waals surface area (Å²) >= 11 is 0. The van der Waals surface area contributed by atoms with Gasteiger partial charge in [0.25, 0.3) is 0 Å². The first-order chi connectivity index (χ1) is 7.72. The topological polar surface area (TPSA) is 32.7 Å². The van der Waals surface area contributed by atoms with Gasteiger partial charge in [-0.25, -0.2) is 0 Å². The molecule has 1 N–H and O–H groups in total. The monoisotopic (exact) mass is 221 g/mol. The molecule has 16 heavy (non-hydrogen) atoms. The molecular formula is C13H19NO2. The first kappa shape index (κ1) is 11.4. The molecule has 0 atom stereocenters. The van der Waals surface area contributed by atoms with Crippen molar-refractivity contribution in [3.63, 3.8) is 0 Å². The Kier molecular flexibility index (Phi) is 3.46. The largest absolute Gasteiger partial charge is 0.496 e. The van der Waals surface area contributed by atoms with Crippen molar-refractivity contribution < 1.29 is 9.84 Å². The fourth-order valence-corrected chi connectivity index (χ4v) is 2.19. The van der Waals surface area contributed by atoms with Crippen molar-refractivity contribution >= 4 is 0 Å². The number of nitrogens with zero attached hydrogens (tertiary/aromatic N) is 1. The van der Waals surface area contributed by atoms with Crippen LogP contribution in [-0.4, -0.2) is 36.8 Å². The number of rotatable bonds is 4. The zero-order valence-corrected chi connectivity index (χ0v) is 9.94. The average molecular weight is 221 g/mol. The summed E-state index contributed by atoms with van der Waals surface area (Å²) in [6.07, 6.45) is 0. The molecule has 1 heterocycles. The molecule has 1 fully saturated rings. The smallest absolute Gasteiger partial charge is 0.123 e. The van der Waals surface area contributed by atoms with Crippen molar-refractivity contribution in [2.75, 3.05) is 26.8 Å². The van der Waals surface area contributed by atoms with Crippen LogP contribution in [0.25, 0.3) is 0 Å². The van der Waals surface area contributed by atoms with Crippen molar-refractivity contribution in [3.8, 4) is 5.75 Å². The SMILES string of the molecule is COc1ccc(C)cc1CN1CC(CO)C1. The number of aryl methyl sites for hydroxylation is 1. The molecule has 3 heteroatoms. The minimum Gasteiger partial charge on any atom is -0.496 e. The number of hydrogen-bond acceptors (Lipinski definition) is 3. The third-order valence-electron chi connectivity index (χ3n) is 3.12. The number of aliphatic hydroxyl groups excluding tert-OH is 1. The van der Waals surface area contributed by atoms with Gasteiger partial charge in [-0.2, -0.15) is 0 Å². The molecule has 2 rings (SSSR count). The van der Waals surface area contributed by atoms with E-state index in [9.17, 15) is 0 Å². The van der Waals surface area contributed by atoms with Crippen molar-refractivity contribution in [3.05, 3.63) is 29.3 Å². The molecule has 0 aromatic heterocycles. The fraction of sp³-hybridized carbons (Fsp3) is 0.538. The van der Waals surface area contributed by atoms with E-state index >= 15 is 0 Å². The lowest BCUT2D eigenvalue weighted by Gasteiger charge is -2.38. The van der Waals surface area contributed by atoms with Crippen LogP contribution in [0.3, 0.4) is 0 Å². The third-order valence-corrected chi connectivity index (χ3v) is 3.12. The summed E-state index contributed by atoms with van der Waals surface area (Å²) in [6, 6.07) is 6.26. The minimum absolute atomic E-state index is 0.307. The number of hydrogen-bond donors (Lipinski definition) is 1. The van der Waals surface area contributed by atoms with Crippen LogP contribution >= 0.6 is 0 Å². The number of likely N-dealkylation sites (tertiary alicyclic amines) is 1. The number of benzene rings is 1. The van der Waals surface area contributed by atoms with Gasteiger partial charge in [-0.3, -0.25) is 4.90 Å². The zero-order chi connectivity index (χ0) is 11.5. The second-order valence-electron chi connectivity index (χ2n) is 4.56. The molecule has 1 aromatic rings. The predicted molar refractivity (Wildman–Crippen MR) is 63.6 cm³/mol. The van der Waals surface area contributed by atoms with Gasteiger partial charge in [-0.05, 0) is 13.0 Å². The summed E-state index contributed by atoms with van der Waals surface area (Å²) in [5.74, 6) is 1.42. The maximum atomic E-state index is 8.96. The van der Waals surface area contributed by atoms with Crippen LogP contribution in [0.1, 0.15) is 11.1 Å². The summed E-state index contributed by atoms with van der Waals surface area (Å²) < 4.78 is 5.35. The molecule has 1 aromatic carbocycles. The van der Waals surface area contributed by atoms with Crippen molar-refractivity contribution in [2.45, 2.75) is 13.5 Å². The van der Waals surface area contributed by atoms with Crippen LogP contribution in [0.5, 0.6) is 5.75 Å². The Morgan fingerprint density at radius 3 is 2.81 bits per heavy atom. The molecule has 0 amide bonds. The highest BCUT2D eigenvalue weighted by molar-refractivity contribution is 5.36. The van der Waals surface area contributed by atoms with E-state index in [1.54, 1.807) is 7.11 Å².